The van der Waals surface area contributed by atoms with E-state index in [1.54, 1.807) is 24.1 Å². The molecule has 0 bridgehead atoms. The maximum Gasteiger partial charge on any atom is 0.257 e. The van der Waals surface area contributed by atoms with Crippen molar-refractivity contribution in [2.75, 3.05) is 20.2 Å². The maximum atomic E-state index is 12.2. The molecule has 0 aliphatic carbocycles. The number of benzene rings is 1. The first-order valence-corrected chi connectivity index (χ1v) is 5.54. The third-order valence-corrected chi connectivity index (χ3v) is 2.96. The van der Waals surface area contributed by atoms with E-state index in [4.69, 9.17) is 15.5 Å². The van der Waals surface area contributed by atoms with E-state index < -0.39 is 0 Å². The summed E-state index contributed by atoms with van der Waals surface area (Å²) in [7, 11) is 1.56. The quantitative estimate of drug-likeness (QED) is 0.788. The average Bonchev–Trinajstić information content (AvgIpc) is 2.86. The Morgan fingerprint density at radius 1 is 1.47 bits per heavy atom. The molecule has 1 heterocycles. The first-order chi connectivity index (χ1) is 8.26. The first kappa shape index (κ1) is 11.9. The molecule has 2 N–H and O–H groups in total. The lowest BCUT2D eigenvalue weighted by molar-refractivity contribution is 0.0536. The van der Waals surface area contributed by atoms with Crippen LogP contribution in [-0.4, -0.2) is 37.1 Å². The Labute approximate surface area is 100 Å². The highest BCUT2D eigenvalue weighted by atomic mass is 16.6. The number of methoxy groups -OCH3 is 1. The summed E-state index contributed by atoms with van der Waals surface area (Å²) < 4.78 is 5.18. The highest BCUT2D eigenvalue weighted by molar-refractivity contribution is 5.97. The van der Waals surface area contributed by atoms with Gasteiger partial charge in [-0.05, 0) is 18.6 Å². The van der Waals surface area contributed by atoms with Crippen LogP contribution in [0.15, 0.2) is 24.3 Å². The van der Waals surface area contributed by atoms with Crippen molar-refractivity contribution in [3.8, 4) is 5.75 Å². The van der Waals surface area contributed by atoms with Crippen LogP contribution in [0, 0.1) is 0 Å². The molecular formula is C12H16N2O3. The van der Waals surface area contributed by atoms with Crippen LogP contribution in [0.3, 0.4) is 0 Å². The number of amides is 1. The van der Waals surface area contributed by atoms with Gasteiger partial charge in [-0.3, -0.25) is 9.63 Å². The fourth-order valence-electron chi connectivity index (χ4n) is 2.02. The van der Waals surface area contributed by atoms with E-state index in [0.717, 1.165) is 6.42 Å². The second kappa shape index (κ2) is 5.16. The number of hydrogen-bond acceptors (Lipinski definition) is 4. The lowest BCUT2D eigenvalue weighted by Crippen LogP contribution is -2.31. The van der Waals surface area contributed by atoms with Gasteiger partial charge in [-0.25, -0.2) is 5.90 Å². The maximum absolute atomic E-state index is 12.2. The number of likely N-dealkylation sites (tertiary alicyclic amines) is 1. The van der Waals surface area contributed by atoms with E-state index >= 15 is 0 Å². The first-order valence-electron chi connectivity index (χ1n) is 5.54. The molecule has 1 aromatic carbocycles. The van der Waals surface area contributed by atoms with Gasteiger partial charge in [0.25, 0.3) is 5.91 Å². The molecule has 5 heteroatoms. The summed E-state index contributed by atoms with van der Waals surface area (Å²) in [5, 5.41) is 0. The molecule has 0 radical (unpaired) electrons. The van der Waals surface area contributed by atoms with Crippen LogP contribution >= 0.6 is 0 Å². The zero-order valence-electron chi connectivity index (χ0n) is 9.76. The highest BCUT2D eigenvalue weighted by Gasteiger charge is 2.28. The Balaban J connectivity index is 2.15. The topological polar surface area (TPSA) is 64.8 Å². The molecule has 1 saturated heterocycles. The predicted molar refractivity (Wildman–Crippen MR) is 62.6 cm³/mol. The number of nitrogens with zero attached hydrogens (tertiary/aromatic N) is 1. The Morgan fingerprint density at radius 3 is 2.88 bits per heavy atom. The van der Waals surface area contributed by atoms with Gasteiger partial charge in [0.15, 0.2) is 0 Å². The van der Waals surface area contributed by atoms with Gasteiger partial charge < -0.3 is 9.64 Å². The Bertz CT molecular complexity index is 408. The van der Waals surface area contributed by atoms with E-state index in [9.17, 15) is 4.79 Å². The van der Waals surface area contributed by atoms with Crippen LogP contribution in [0.5, 0.6) is 5.75 Å². The molecule has 0 saturated carbocycles. The zero-order valence-corrected chi connectivity index (χ0v) is 9.76. The van der Waals surface area contributed by atoms with Crippen molar-refractivity contribution in [2.24, 2.45) is 5.90 Å². The van der Waals surface area contributed by atoms with Crippen molar-refractivity contribution in [3.05, 3.63) is 29.8 Å². The largest absolute Gasteiger partial charge is 0.496 e. The minimum Gasteiger partial charge on any atom is -0.496 e. The summed E-state index contributed by atoms with van der Waals surface area (Å²) >= 11 is 0. The standard InChI is InChI=1S/C12H16N2O3/c1-16-11-5-3-2-4-10(11)12(15)14-7-6-9(8-14)17-13/h2-5,9H,6-8,13H2,1H3. The predicted octanol–water partition coefficient (Wildman–Crippen LogP) is 0.800. The minimum absolute atomic E-state index is 0.0398. The highest BCUT2D eigenvalue weighted by Crippen LogP contribution is 2.22. The lowest BCUT2D eigenvalue weighted by atomic mass is 10.2. The fourth-order valence-corrected chi connectivity index (χ4v) is 2.02. The SMILES string of the molecule is COc1ccccc1C(=O)N1CCC(ON)C1. The van der Waals surface area contributed by atoms with Gasteiger partial charge in [0.05, 0.1) is 18.8 Å². The van der Waals surface area contributed by atoms with Gasteiger partial charge in [-0.2, -0.15) is 0 Å². The monoisotopic (exact) mass is 236 g/mol. The summed E-state index contributed by atoms with van der Waals surface area (Å²) in [4.78, 5) is 18.7. The Morgan fingerprint density at radius 2 is 2.24 bits per heavy atom. The minimum atomic E-state index is -0.0614. The lowest BCUT2D eigenvalue weighted by Gasteiger charge is -2.17. The van der Waals surface area contributed by atoms with E-state index in [1.807, 2.05) is 12.1 Å². The van der Waals surface area contributed by atoms with Gasteiger partial charge in [0.1, 0.15) is 5.75 Å². The van der Waals surface area contributed by atoms with Crippen LogP contribution in [0.2, 0.25) is 0 Å². The molecule has 1 aliphatic heterocycles. The van der Waals surface area contributed by atoms with Crippen molar-refractivity contribution in [1.29, 1.82) is 0 Å². The van der Waals surface area contributed by atoms with Crippen molar-refractivity contribution in [2.45, 2.75) is 12.5 Å². The molecular weight excluding hydrogens is 220 g/mol. The fraction of sp³-hybridized carbons (Fsp3) is 0.417. The zero-order chi connectivity index (χ0) is 12.3. The summed E-state index contributed by atoms with van der Waals surface area (Å²) in [5.41, 5.74) is 0.577. The van der Waals surface area contributed by atoms with Crippen LogP contribution < -0.4 is 10.6 Å². The van der Waals surface area contributed by atoms with Crippen molar-refractivity contribution in [3.63, 3.8) is 0 Å². The Hall–Kier alpha value is -1.59. The average molecular weight is 236 g/mol. The molecule has 1 aliphatic rings. The normalized spacial score (nSPS) is 19.4. The number of ether oxygens (including phenoxy) is 1. The molecule has 0 aromatic heterocycles. The number of rotatable bonds is 3. The second-order valence-electron chi connectivity index (χ2n) is 4.00. The molecule has 5 nitrogen and oxygen atoms in total. The van der Waals surface area contributed by atoms with E-state index in [1.165, 1.54) is 0 Å². The van der Waals surface area contributed by atoms with Crippen LogP contribution in [0.4, 0.5) is 0 Å². The van der Waals surface area contributed by atoms with Crippen molar-refractivity contribution < 1.29 is 14.4 Å². The third kappa shape index (κ3) is 2.40. The molecule has 17 heavy (non-hydrogen) atoms. The smallest absolute Gasteiger partial charge is 0.257 e. The molecule has 1 amide bonds. The molecule has 92 valence electrons. The van der Waals surface area contributed by atoms with Crippen LogP contribution in [0.25, 0.3) is 0 Å². The van der Waals surface area contributed by atoms with E-state index in [-0.39, 0.29) is 12.0 Å². The summed E-state index contributed by atoms with van der Waals surface area (Å²) in [6.45, 7) is 1.20. The number of carbonyl (C=O) groups is 1. The number of hydrogen-bond donors (Lipinski definition) is 1. The van der Waals surface area contributed by atoms with Crippen LogP contribution in [-0.2, 0) is 4.84 Å². The Kier molecular flexibility index (Phi) is 3.61. The van der Waals surface area contributed by atoms with Crippen molar-refractivity contribution >= 4 is 5.91 Å². The second-order valence-corrected chi connectivity index (χ2v) is 4.00. The van der Waals surface area contributed by atoms with E-state index in [0.29, 0.717) is 24.4 Å². The molecule has 1 atom stereocenters. The molecule has 2 rings (SSSR count). The van der Waals surface area contributed by atoms with Gasteiger partial charge in [0, 0.05) is 13.1 Å². The summed E-state index contributed by atoms with van der Waals surface area (Å²) in [5.74, 6) is 5.68. The van der Waals surface area contributed by atoms with Crippen molar-refractivity contribution in [1.82, 2.24) is 4.90 Å². The molecule has 0 spiro atoms. The summed E-state index contributed by atoms with van der Waals surface area (Å²) in [6.07, 6.45) is 0.714. The molecule has 1 fully saturated rings. The molecule has 1 unspecified atom stereocenters. The van der Waals surface area contributed by atoms with Gasteiger partial charge in [-0.1, -0.05) is 12.1 Å². The van der Waals surface area contributed by atoms with Gasteiger partial charge in [-0.15, -0.1) is 0 Å². The third-order valence-electron chi connectivity index (χ3n) is 2.96. The summed E-state index contributed by atoms with van der Waals surface area (Å²) in [6, 6.07) is 7.20. The number of para-hydroxylation sites is 1. The van der Waals surface area contributed by atoms with Crippen LogP contribution in [0.1, 0.15) is 16.8 Å². The number of nitrogens with two attached hydrogens (primary N) is 1. The molecule has 1 aromatic rings. The number of carbonyl (C=O) groups excluding carboxylic acids is 1. The van der Waals surface area contributed by atoms with Gasteiger partial charge in [0.2, 0.25) is 0 Å². The van der Waals surface area contributed by atoms with E-state index in [2.05, 4.69) is 0 Å². The van der Waals surface area contributed by atoms with Gasteiger partial charge >= 0.3 is 0 Å².